The molecule has 7 heteroatoms. The normalized spacial score (nSPS) is 19.4. The highest BCUT2D eigenvalue weighted by Gasteiger charge is 2.28. The Hall–Kier alpha value is -2.85. The van der Waals surface area contributed by atoms with E-state index in [0.29, 0.717) is 40.0 Å². The molecule has 1 N–H and O–H groups in total. The highest BCUT2D eigenvalue weighted by Crippen LogP contribution is 2.33. The number of ether oxygens (including phenoxy) is 1. The number of amidine groups is 1. The van der Waals surface area contributed by atoms with Gasteiger partial charge in [-0.1, -0.05) is 19.9 Å². The van der Waals surface area contributed by atoms with E-state index in [9.17, 15) is 10.1 Å². The molecule has 2 aliphatic rings. The Kier molecular flexibility index (Phi) is 5.05. The molecule has 0 atom stereocenters. The second-order valence-electron chi connectivity index (χ2n) is 7.32. The van der Waals surface area contributed by atoms with Crippen molar-refractivity contribution in [2.75, 3.05) is 6.61 Å². The average Bonchev–Trinajstić information content (AvgIpc) is 3.42. The SMILES string of the molecule is CC(C)COc1c(C#N)cnc2ccc(C=C3SC(=NC4CC4)NC3=O)cc12. The number of carbonyl (C=O) groups is 1. The van der Waals surface area contributed by atoms with Crippen LogP contribution in [0.25, 0.3) is 17.0 Å². The van der Waals surface area contributed by atoms with Gasteiger partial charge in [0.15, 0.2) is 5.17 Å². The van der Waals surface area contributed by atoms with E-state index < -0.39 is 0 Å². The summed E-state index contributed by atoms with van der Waals surface area (Å²) >= 11 is 1.36. The molecule has 2 heterocycles. The number of pyridine rings is 1. The number of nitriles is 1. The Bertz CT molecular complexity index is 1050. The standard InChI is InChI=1S/C21H20N4O2S/c1-12(2)11-27-19-14(9-22)10-23-17-6-3-13(7-16(17)19)8-18-20(26)25-21(28-18)24-15-4-5-15/h3,6-8,10,12,15H,4-5,11H2,1-2H3,(H,24,25,26). The number of benzene rings is 1. The van der Waals surface area contributed by atoms with Crippen molar-refractivity contribution >= 4 is 39.8 Å². The minimum absolute atomic E-state index is 0.135. The Morgan fingerprint density at radius 1 is 1.46 bits per heavy atom. The number of thioether (sulfide) groups is 1. The van der Waals surface area contributed by atoms with Gasteiger partial charge in [0, 0.05) is 11.6 Å². The Labute approximate surface area is 167 Å². The molecule has 28 heavy (non-hydrogen) atoms. The molecular weight excluding hydrogens is 372 g/mol. The van der Waals surface area contributed by atoms with Crippen LogP contribution in [-0.2, 0) is 4.79 Å². The van der Waals surface area contributed by atoms with Crippen LogP contribution in [0.5, 0.6) is 5.75 Å². The third-order valence-corrected chi connectivity index (χ3v) is 5.24. The molecule has 1 aromatic heterocycles. The molecule has 1 saturated carbocycles. The second-order valence-corrected chi connectivity index (χ2v) is 8.36. The summed E-state index contributed by atoms with van der Waals surface area (Å²) in [5.41, 5.74) is 2.01. The van der Waals surface area contributed by atoms with Crippen LogP contribution in [0.3, 0.4) is 0 Å². The van der Waals surface area contributed by atoms with Crippen LogP contribution < -0.4 is 10.1 Å². The first kappa shape index (κ1) is 18.5. The molecule has 0 spiro atoms. The number of fused-ring (bicyclic) bond motifs is 1. The van der Waals surface area contributed by atoms with Gasteiger partial charge < -0.3 is 10.1 Å². The number of aromatic nitrogens is 1. The minimum atomic E-state index is -0.135. The fourth-order valence-electron chi connectivity index (χ4n) is 2.77. The van der Waals surface area contributed by atoms with Gasteiger partial charge in [-0.25, -0.2) is 0 Å². The highest BCUT2D eigenvalue weighted by atomic mass is 32.2. The van der Waals surface area contributed by atoms with Crippen molar-refractivity contribution in [3.05, 3.63) is 40.4 Å². The lowest BCUT2D eigenvalue weighted by Gasteiger charge is -2.13. The summed E-state index contributed by atoms with van der Waals surface area (Å²) in [7, 11) is 0. The first-order chi connectivity index (χ1) is 13.5. The smallest absolute Gasteiger partial charge is 0.264 e. The maximum atomic E-state index is 12.2. The van der Waals surface area contributed by atoms with Gasteiger partial charge in [-0.3, -0.25) is 14.8 Å². The van der Waals surface area contributed by atoms with Crippen molar-refractivity contribution < 1.29 is 9.53 Å². The summed E-state index contributed by atoms with van der Waals surface area (Å²) in [6.45, 7) is 4.63. The topological polar surface area (TPSA) is 87.4 Å². The van der Waals surface area contributed by atoms with Crippen molar-refractivity contribution in [2.24, 2.45) is 10.9 Å². The highest BCUT2D eigenvalue weighted by molar-refractivity contribution is 8.18. The van der Waals surface area contributed by atoms with Gasteiger partial charge >= 0.3 is 0 Å². The maximum Gasteiger partial charge on any atom is 0.264 e. The van der Waals surface area contributed by atoms with Crippen molar-refractivity contribution in [1.29, 1.82) is 5.26 Å². The van der Waals surface area contributed by atoms with Gasteiger partial charge in [-0.05, 0) is 54.3 Å². The predicted molar refractivity (Wildman–Crippen MR) is 111 cm³/mol. The molecule has 142 valence electrons. The number of carbonyl (C=O) groups excluding carboxylic acids is 1. The zero-order valence-corrected chi connectivity index (χ0v) is 16.5. The third-order valence-electron chi connectivity index (χ3n) is 4.32. The van der Waals surface area contributed by atoms with Gasteiger partial charge in [-0.15, -0.1) is 0 Å². The number of nitrogens with zero attached hydrogens (tertiary/aromatic N) is 3. The summed E-state index contributed by atoms with van der Waals surface area (Å²) in [5.74, 6) is 0.744. The quantitative estimate of drug-likeness (QED) is 0.781. The molecule has 0 bridgehead atoms. The molecule has 0 radical (unpaired) electrons. The van der Waals surface area contributed by atoms with Crippen LogP contribution in [-0.4, -0.2) is 28.7 Å². The molecule has 2 aromatic rings. The fraction of sp³-hybridized carbons (Fsp3) is 0.333. The maximum absolute atomic E-state index is 12.2. The van der Waals surface area contributed by atoms with Crippen LogP contribution in [0.4, 0.5) is 0 Å². The van der Waals surface area contributed by atoms with E-state index in [1.54, 1.807) is 0 Å². The largest absolute Gasteiger partial charge is 0.491 e. The summed E-state index contributed by atoms with van der Waals surface area (Å²) in [5, 5.41) is 13.7. The molecule has 6 nitrogen and oxygen atoms in total. The predicted octanol–water partition coefficient (Wildman–Crippen LogP) is 3.86. The van der Waals surface area contributed by atoms with Crippen molar-refractivity contribution in [2.45, 2.75) is 32.7 Å². The van der Waals surface area contributed by atoms with Gasteiger partial charge in [0.05, 0.1) is 23.1 Å². The summed E-state index contributed by atoms with van der Waals surface area (Å²) < 4.78 is 5.93. The number of hydrogen-bond acceptors (Lipinski definition) is 6. The first-order valence-electron chi connectivity index (χ1n) is 9.28. The lowest BCUT2D eigenvalue weighted by atomic mass is 10.1. The monoisotopic (exact) mass is 392 g/mol. The van der Waals surface area contributed by atoms with Crippen molar-refractivity contribution in [3.63, 3.8) is 0 Å². The van der Waals surface area contributed by atoms with Gasteiger partial charge in [0.2, 0.25) is 0 Å². The molecule has 1 aliphatic carbocycles. The molecule has 2 fully saturated rings. The number of nitrogens with one attached hydrogen (secondary N) is 1. The van der Waals surface area contributed by atoms with Crippen LogP contribution >= 0.6 is 11.8 Å². The van der Waals surface area contributed by atoms with Crippen LogP contribution in [0.2, 0.25) is 0 Å². The number of amides is 1. The Balaban J connectivity index is 1.69. The molecule has 1 amide bonds. The zero-order chi connectivity index (χ0) is 19.7. The van der Waals surface area contributed by atoms with Gasteiger partial charge in [-0.2, -0.15) is 5.26 Å². The van der Waals surface area contributed by atoms with E-state index in [0.717, 1.165) is 29.3 Å². The van der Waals surface area contributed by atoms with E-state index in [4.69, 9.17) is 4.74 Å². The molecular formula is C21H20N4O2S. The zero-order valence-electron chi connectivity index (χ0n) is 15.7. The Morgan fingerprint density at radius 3 is 3.00 bits per heavy atom. The van der Waals surface area contributed by atoms with Crippen molar-refractivity contribution in [1.82, 2.24) is 10.3 Å². The lowest BCUT2D eigenvalue weighted by molar-refractivity contribution is -0.115. The molecule has 1 aliphatic heterocycles. The van der Waals surface area contributed by atoms with Crippen molar-refractivity contribution in [3.8, 4) is 11.8 Å². The minimum Gasteiger partial charge on any atom is -0.491 e. The number of rotatable bonds is 5. The lowest BCUT2D eigenvalue weighted by Crippen LogP contribution is -2.20. The molecule has 4 rings (SSSR count). The van der Waals surface area contributed by atoms with E-state index in [1.165, 1.54) is 18.0 Å². The van der Waals surface area contributed by atoms with Crippen LogP contribution in [0, 0.1) is 17.2 Å². The third kappa shape index (κ3) is 4.02. The second kappa shape index (κ2) is 7.64. The number of aliphatic imine (C=N–C) groups is 1. The van der Waals surface area contributed by atoms with E-state index in [2.05, 4.69) is 35.2 Å². The number of hydrogen-bond donors (Lipinski definition) is 1. The van der Waals surface area contributed by atoms with Gasteiger partial charge in [0.25, 0.3) is 5.91 Å². The molecule has 0 unspecified atom stereocenters. The molecule has 1 aromatic carbocycles. The van der Waals surface area contributed by atoms with Gasteiger partial charge in [0.1, 0.15) is 17.4 Å². The van der Waals surface area contributed by atoms with Crippen LogP contribution in [0.15, 0.2) is 34.3 Å². The first-order valence-corrected chi connectivity index (χ1v) is 10.1. The van der Waals surface area contributed by atoms with E-state index >= 15 is 0 Å². The fourth-order valence-corrected chi connectivity index (χ4v) is 3.66. The van der Waals surface area contributed by atoms with E-state index in [-0.39, 0.29) is 5.91 Å². The molecule has 1 saturated heterocycles. The summed E-state index contributed by atoms with van der Waals surface area (Å²) in [6.07, 6.45) is 5.56. The summed E-state index contributed by atoms with van der Waals surface area (Å²) in [6, 6.07) is 8.21. The summed E-state index contributed by atoms with van der Waals surface area (Å²) in [4.78, 5) is 21.7. The van der Waals surface area contributed by atoms with E-state index in [1.807, 2.05) is 24.3 Å². The average molecular weight is 392 g/mol. The van der Waals surface area contributed by atoms with Crippen LogP contribution in [0.1, 0.15) is 37.8 Å². The Morgan fingerprint density at radius 2 is 2.29 bits per heavy atom.